The van der Waals surface area contributed by atoms with Gasteiger partial charge in [-0.2, -0.15) is 0 Å². The fourth-order valence-corrected chi connectivity index (χ4v) is 9.41. The zero-order valence-electron chi connectivity index (χ0n) is 26.7. The van der Waals surface area contributed by atoms with Crippen LogP contribution in [0.15, 0.2) is 174 Å². The first-order chi connectivity index (χ1) is 24.7. The highest BCUT2D eigenvalue weighted by atomic mass is 32.2. The van der Waals surface area contributed by atoms with Crippen molar-refractivity contribution in [3.05, 3.63) is 164 Å². The maximum absolute atomic E-state index is 13.6. The normalized spacial score (nSPS) is 13.9. The van der Waals surface area contributed by atoms with Gasteiger partial charge in [0.05, 0.1) is 59.6 Å². The van der Waals surface area contributed by atoms with Crippen LogP contribution >= 0.6 is 0 Å². The Morgan fingerprint density at radius 2 is 1.04 bits per heavy atom. The summed E-state index contributed by atoms with van der Waals surface area (Å²) in [7, 11) is -1.26. The van der Waals surface area contributed by atoms with E-state index < -0.39 is 10.8 Å². The van der Waals surface area contributed by atoms with Gasteiger partial charge in [0.1, 0.15) is 0 Å². The van der Waals surface area contributed by atoms with Crippen molar-refractivity contribution in [2.24, 2.45) is 0 Å². The molecule has 50 heavy (non-hydrogen) atoms. The Hall–Kier alpha value is -6.30. The molecule has 11 rings (SSSR count). The van der Waals surface area contributed by atoms with Crippen LogP contribution < -0.4 is 0 Å². The number of fused-ring (bicyclic) bond motifs is 10. The molecule has 0 bridgehead atoms. The van der Waals surface area contributed by atoms with Gasteiger partial charge in [-0.15, -0.1) is 0 Å². The van der Waals surface area contributed by atoms with Crippen molar-refractivity contribution in [1.82, 2.24) is 14.1 Å². The van der Waals surface area contributed by atoms with Crippen LogP contribution in [0.2, 0.25) is 0 Å². The molecule has 0 aliphatic carbocycles. The number of benzene rings is 7. The molecule has 0 fully saturated rings. The van der Waals surface area contributed by atoms with Gasteiger partial charge >= 0.3 is 0 Å². The summed E-state index contributed by atoms with van der Waals surface area (Å²) in [4.78, 5) is 6.70. The lowest BCUT2D eigenvalue weighted by Crippen LogP contribution is -1.97. The van der Waals surface area contributed by atoms with E-state index in [9.17, 15) is 4.21 Å². The van der Waals surface area contributed by atoms with E-state index in [2.05, 4.69) is 149 Å². The van der Waals surface area contributed by atoms with Gasteiger partial charge in [0.2, 0.25) is 0 Å². The number of hydrogen-bond donors (Lipinski definition) is 0. The summed E-state index contributed by atoms with van der Waals surface area (Å²) in [6.45, 7) is 0. The quantitative estimate of drug-likeness (QED) is 0.190. The number of rotatable bonds is 3. The third-order valence-corrected chi connectivity index (χ3v) is 11.7. The van der Waals surface area contributed by atoms with Gasteiger partial charge in [-0.3, -0.25) is 0 Å². The van der Waals surface area contributed by atoms with E-state index in [1.807, 2.05) is 24.3 Å². The first-order valence-electron chi connectivity index (χ1n) is 16.8. The van der Waals surface area contributed by atoms with E-state index in [0.717, 1.165) is 54.4 Å². The summed E-state index contributed by atoms with van der Waals surface area (Å²) in [5, 5.41) is 5.84. The molecule has 3 aromatic heterocycles. The third kappa shape index (κ3) is 3.81. The Balaban J connectivity index is 1.11. The predicted molar refractivity (Wildman–Crippen MR) is 206 cm³/mol. The van der Waals surface area contributed by atoms with Gasteiger partial charge in [0.15, 0.2) is 0 Å². The monoisotopic (exact) mass is 657 g/mol. The fraction of sp³-hybridized carbons (Fsp3) is 0. The van der Waals surface area contributed by atoms with Gasteiger partial charge < -0.3 is 9.13 Å². The second kappa shape index (κ2) is 10.3. The van der Waals surface area contributed by atoms with Crippen LogP contribution in [0, 0.1) is 0 Å². The van der Waals surface area contributed by atoms with Crippen molar-refractivity contribution in [2.75, 3.05) is 0 Å². The number of aromatic nitrogens is 3. The molecule has 0 saturated heterocycles. The molecule has 7 aromatic carbocycles. The van der Waals surface area contributed by atoms with Crippen molar-refractivity contribution in [3.63, 3.8) is 0 Å². The molecule has 0 radical (unpaired) electrons. The van der Waals surface area contributed by atoms with Gasteiger partial charge in [0, 0.05) is 38.2 Å². The highest BCUT2D eigenvalue weighted by Gasteiger charge is 2.28. The minimum atomic E-state index is -1.26. The standard InChI is InChI=1S/C45H27N3OS/c49-50-43-20-9-6-15-33(43)45-44(50)27-36-37(46-45)16-10-19-40(36)48-39-18-8-5-14-32(39)35-26-29(22-24-42(35)48)28-21-23-41-34(25-28)31-13-4-7-17-38(31)47(41)30-11-2-1-3-12-30/h1-27H. The van der Waals surface area contributed by atoms with Crippen LogP contribution in [0.3, 0.4) is 0 Å². The number of para-hydroxylation sites is 3. The molecular weight excluding hydrogens is 631 g/mol. The molecule has 0 N–H and O–H groups in total. The van der Waals surface area contributed by atoms with Crippen LogP contribution in [0.4, 0.5) is 0 Å². The fourth-order valence-electron chi connectivity index (χ4n) is 8.05. The van der Waals surface area contributed by atoms with Gasteiger partial charge in [0.25, 0.3) is 0 Å². The molecule has 1 unspecified atom stereocenters. The second-order valence-electron chi connectivity index (χ2n) is 12.9. The minimum Gasteiger partial charge on any atom is -0.309 e. The van der Waals surface area contributed by atoms with Crippen molar-refractivity contribution >= 4 is 65.3 Å². The minimum absolute atomic E-state index is 0.776. The van der Waals surface area contributed by atoms with E-state index in [0.29, 0.717) is 0 Å². The molecule has 0 amide bonds. The van der Waals surface area contributed by atoms with Crippen LogP contribution in [0.1, 0.15) is 0 Å². The largest absolute Gasteiger partial charge is 0.309 e. The van der Waals surface area contributed by atoms with E-state index in [4.69, 9.17) is 4.98 Å². The zero-order chi connectivity index (χ0) is 32.9. The van der Waals surface area contributed by atoms with Crippen LogP contribution in [-0.4, -0.2) is 18.3 Å². The molecule has 4 nitrogen and oxygen atoms in total. The molecule has 0 saturated carbocycles. The van der Waals surface area contributed by atoms with Gasteiger partial charge in [-0.05, 0) is 83.9 Å². The molecule has 4 heterocycles. The molecule has 1 aliphatic heterocycles. The first kappa shape index (κ1) is 27.6. The van der Waals surface area contributed by atoms with Crippen LogP contribution in [0.25, 0.3) is 88.3 Å². The second-order valence-corrected chi connectivity index (χ2v) is 14.4. The van der Waals surface area contributed by atoms with Crippen LogP contribution in [-0.2, 0) is 10.8 Å². The van der Waals surface area contributed by atoms with E-state index in [1.54, 1.807) is 0 Å². The highest BCUT2D eigenvalue weighted by Crippen LogP contribution is 2.43. The van der Waals surface area contributed by atoms with Crippen molar-refractivity contribution in [2.45, 2.75) is 9.79 Å². The predicted octanol–water partition coefficient (Wildman–Crippen LogP) is 11.2. The lowest BCUT2D eigenvalue weighted by atomic mass is 10.0. The Bertz CT molecular complexity index is 3060. The van der Waals surface area contributed by atoms with Crippen molar-refractivity contribution < 1.29 is 4.21 Å². The third-order valence-electron chi connectivity index (χ3n) is 10.3. The van der Waals surface area contributed by atoms with E-state index in [1.165, 1.54) is 43.7 Å². The molecule has 0 spiro atoms. The van der Waals surface area contributed by atoms with Gasteiger partial charge in [-0.25, -0.2) is 9.19 Å². The molecule has 1 atom stereocenters. The average molecular weight is 658 g/mol. The summed E-state index contributed by atoms with van der Waals surface area (Å²) >= 11 is 0. The molecule has 10 aromatic rings. The summed E-state index contributed by atoms with van der Waals surface area (Å²) in [6.07, 6.45) is 0. The topological polar surface area (TPSA) is 39.8 Å². The Morgan fingerprint density at radius 3 is 1.78 bits per heavy atom. The molecular formula is C45H27N3OS. The molecule has 1 aliphatic rings. The smallest absolute Gasteiger partial charge is 0.0887 e. The summed E-state index contributed by atoms with van der Waals surface area (Å²) in [6, 6.07) is 57.8. The van der Waals surface area contributed by atoms with E-state index in [-0.39, 0.29) is 0 Å². The lowest BCUT2D eigenvalue weighted by molar-refractivity contribution is 0.685. The molecule has 5 heteroatoms. The number of nitrogens with zero attached hydrogens (tertiary/aromatic N) is 3. The maximum Gasteiger partial charge on any atom is 0.0887 e. The lowest BCUT2D eigenvalue weighted by Gasteiger charge is -2.13. The Labute approximate surface area is 289 Å². The Morgan fingerprint density at radius 1 is 0.440 bits per heavy atom. The number of pyridine rings is 1. The molecule has 234 valence electrons. The summed E-state index contributed by atoms with van der Waals surface area (Å²) < 4.78 is 18.3. The van der Waals surface area contributed by atoms with Crippen molar-refractivity contribution in [3.8, 4) is 33.8 Å². The number of hydrogen-bond acceptors (Lipinski definition) is 2. The van der Waals surface area contributed by atoms with E-state index >= 15 is 0 Å². The van der Waals surface area contributed by atoms with Crippen LogP contribution in [0.5, 0.6) is 0 Å². The SMILES string of the molecule is O=S1c2ccccc2-c2nc3cccc(-n4c5ccccc5c5cc(-c6ccc7c(c6)c6ccccc6n7-c6ccccc6)ccc54)c3cc21. The van der Waals surface area contributed by atoms with Gasteiger partial charge in [-0.1, -0.05) is 91.0 Å². The van der Waals surface area contributed by atoms with Crippen molar-refractivity contribution in [1.29, 1.82) is 0 Å². The summed E-state index contributed by atoms with van der Waals surface area (Å²) in [5.74, 6) is 0. The zero-order valence-corrected chi connectivity index (χ0v) is 27.6. The average Bonchev–Trinajstić information content (AvgIpc) is 3.79. The first-order valence-corrected chi connectivity index (χ1v) is 18.0. The maximum atomic E-state index is 13.6. The highest BCUT2D eigenvalue weighted by molar-refractivity contribution is 7.85. The Kier molecular flexibility index (Phi) is 5.72. The summed E-state index contributed by atoms with van der Waals surface area (Å²) in [5.41, 5.74) is 11.8.